The van der Waals surface area contributed by atoms with Crippen LogP contribution in [-0.2, 0) is 11.3 Å². The van der Waals surface area contributed by atoms with Gasteiger partial charge in [0.25, 0.3) is 0 Å². The topological polar surface area (TPSA) is 81.1 Å². The molecular formula is C25H22ClN5O2S. The molecule has 2 N–H and O–H groups in total. The number of thioether (sulfide) groups is 1. The first-order valence-corrected chi connectivity index (χ1v) is 12.0. The maximum atomic E-state index is 13.4. The van der Waals surface area contributed by atoms with Crippen LogP contribution in [0, 0.1) is 0 Å². The number of amides is 1. The lowest BCUT2D eigenvalue weighted by atomic mass is 10.0. The number of nitrogens with zero attached hydrogens (tertiary/aromatic N) is 3. The molecule has 1 aromatic heterocycles. The SMILES string of the molecule is COc1ccc(CNC(=O)[C@H]2Sc3nnc(-c4ccccc4)n3N[C@H]2c2ccc(Cl)cc2)cc1. The Labute approximate surface area is 206 Å². The Morgan fingerprint density at radius 1 is 1.06 bits per heavy atom. The Kier molecular flexibility index (Phi) is 6.42. The second kappa shape index (κ2) is 9.79. The van der Waals surface area contributed by atoms with Gasteiger partial charge in [-0.15, -0.1) is 10.2 Å². The minimum atomic E-state index is -0.459. The van der Waals surface area contributed by atoms with Gasteiger partial charge < -0.3 is 15.5 Å². The molecule has 0 saturated carbocycles. The van der Waals surface area contributed by atoms with E-state index in [1.165, 1.54) is 11.8 Å². The lowest BCUT2D eigenvalue weighted by Crippen LogP contribution is -2.43. The van der Waals surface area contributed by atoms with Crippen LogP contribution < -0.4 is 15.5 Å². The second-order valence-electron chi connectivity index (χ2n) is 7.77. The van der Waals surface area contributed by atoms with Crippen LogP contribution in [0.5, 0.6) is 5.75 Å². The molecule has 0 fully saturated rings. The number of rotatable bonds is 6. The number of hydrogen-bond donors (Lipinski definition) is 2. The zero-order valence-corrected chi connectivity index (χ0v) is 19.9. The van der Waals surface area contributed by atoms with Crippen molar-refractivity contribution in [2.24, 2.45) is 0 Å². The van der Waals surface area contributed by atoms with Crippen molar-refractivity contribution in [1.82, 2.24) is 20.2 Å². The van der Waals surface area contributed by atoms with Gasteiger partial charge in [-0.3, -0.25) is 4.79 Å². The highest BCUT2D eigenvalue weighted by molar-refractivity contribution is 8.00. The van der Waals surface area contributed by atoms with E-state index in [1.54, 1.807) is 7.11 Å². The first-order valence-electron chi connectivity index (χ1n) is 10.7. The smallest absolute Gasteiger partial charge is 0.236 e. The van der Waals surface area contributed by atoms with Crippen LogP contribution >= 0.6 is 23.4 Å². The molecule has 3 aromatic carbocycles. The molecule has 0 unspecified atom stereocenters. The van der Waals surface area contributed by atoms with Crippen molar-refractivity contribution in [2.45, 2.75) is 23.0 Å². The number of halogens is 1. The normalized spacial score (nSPS) is 16.9. The Morgan fingerprint density at radius 2 is 1.79 bits per heavy atom. The summed E-state index contributed by atoms with van der Waals surface area (Å²) in [5.41, 5.74) is 6.34. The molecule has 9 heteroatoms. The molecule has 5 rings (SSSR count). The number of benzene rings is 3. The minimum Gasteiger partial charge on any atom is -0.497 e. The van der Waals surface area contributed by atoms with Crippen molar-refractivity contribution in [3.05, 3.63) is 95.0 Å². The highest BCUT2D eigenvalue weighted by Crippen LogP contribution is 2.38. The summed E-state index contributed by atoms with van der Waals surface area (Å²) in [7, 11) is 1.63. The molecule has 34 heavy (non-hydrogen) atoms. The highest BCUT2D eigenvalue weighted by Gasteiger charge is 2.37. The maximum Gasteiger partial charge on any atom is 0.236 e. The average molecular weight is 492 g/mol. The Morgan fingerprint density at radius 3 is 2.50 bits per heavy atom. The number of aromatic nitrogens is 3. The van der Waals surface area contributed by atoms with Crippen LogP contribution in [0.15, 0.2) is 84.0 Å². The fourth-order valence-electron chi connectivity index (χ4n) is 3.78. The van der Waals surface area contributed by atoms with Crippen LogP contribution in [0.25, 0.3) is 11.4 Å². The third-order valence-corrected chi connectivity index (χ3v) is 7.05. The molecule has 172 valence electrons. The monoisotopic (exact) mass is 491 g/mol. The average Bonchev–Trinajstić information content (AvgIpc) is 3.31. The summed E-state index contributed by atoms with van der Waals surface area (Å²) >= 11 is 7.51. The molecule has 4 aromatic rings. The van der Waals surface area contributed by atoms with Crippen molar-refractivity contribution in [1.29, 1.82) is 0 Å². The van der Waals surface area contributed by atoms with Gasteiger partial charge in [-0.05, 0) is 35.4 Å². The van der Waals surface area contributed by atoms with Crippen LogP contribution in [0.4, 0.5) is 0 Å². The van der Waals surface area contributed by atoms with Crippen molar-refractivity contribution >= 4 is 29.3 Å². The van der Waals surface area contributed by atoms with E-state index in [0.29, 0.717) is 22.5 Å². The van der Waals surface area contributed by atoms with Gasteiger partial charge in [0, 0.05) is 17.1 Å². The molecule has 0 saturated heterocycles. The fraction of sp³-hybridized carbons (Fsp3) is 0.160. The van der Waals surface area contributed by atoms with E-state index in [2.05, 4.69) is 20.9 Å². The summed E-state index contributed by atoms with van der Waals surface area (Å²) < 4.78 is 7.06. The molecular weight excluding hydrogens is 470 g/mol. The predicted molar refractivity (Wildman–Crippen MR) is 133 cm³/mol. The third kappa shape index (κ3) is 4.60. The van der Waals surface area contributed by atoms with E-state index in [1.807, 2.05) is 83.5 Å². The van der Waals surface area contributed by atoms with E-state index in [-0.39, 0.29) is 11.9 Å². The first kappa shape index (κ1) is 22.3. The molecule has 0 aliphatic carbocycles. The predicted octanol–water partition coefficient (Wildman–Crippen LogP) is 4.68. The van der Waals surface area contributed by atoms with Gasteiger partial charge in [0.15, 0.2) is 5.82 Å². The molecule has 7 nitrogen and oxygen atoms in total. The number of carbonyl (C=O) groups excluding carboxylic acids is 1. The molecule has 1 aliphatic rings. The van der Waals surface area contributed by atoms with E-state index in [4.69, 9.17) is 16.3 Å². The largest absolute Gasteiger partial charge is 0.497 e. The number of carbonyl (C=O) groups is 1. The zero-order chi connectivity index (χ0) is 23.5. The zero-order valence-electron chi connectivity index (χ0n) is 18.3. The van der Waals surface area contributed by atoms with E-state index < -0.39 is 5.25 Å². The van der Waals surface area contributed by atoms with Gasteiger partial charge in [0.1, 0.15) is 11.0 Å². The number of fused-ring (bicyclic) bond motifs is 1. The van der Waals surface area contributed by atoms with Crippen molar-refractivity contribution in [3.8, 4) is 17.1 Å². The van der Waals surface area contributed by atoms with Crippen molar-refractivity contribution in [2.75, 3.05) is 12.5 Å². The summed E-state index contributed by atoms with van der Waals surface area (Å²) in [6.07, 6.45) is 0. The molecule has 0 bridgehead atoms. The van der Waals surface area contributed by atoms with E-state index >= 15 is 0 Å². The van der Waals surface area contributed by atoms with E-state index in [0.717, 1.165) is 22.4 Å². The lowest BCUT2D eigenvalue weighted by Gasteiger charge is -2.33. The summed E-state index contributed by atoms with van der Waals surface area (Å²) in [6.45, 7) is 0.412. The second-order valence-corrected chi connectivity index (χ2v) is 9.32. The number of nitrogens with one attached hydrogen (secondary N) is 2. The van der Waals surface area contributed by atoms with Crippen LogP contribution in [0.1, 0.15) is 17.2 Å². The fourth-order valence-corrected chi connectivity index (χ4v) is 5.01. The quantitative estimate of drug-likeness (QED) is 0.407. The molecule has 1 aliphatic heterocycles. The molecule has 0 spiro atoms. The van der Waals surface area contributed by atoms with Gasteiger partial charge in [-0.2, -0.15) is 0 Å². The maximum absolute atomic E-state index is 13.4. The standard InChI is InChI=1S/C25H22ClN5O2S/c1-33-20-13-7-16(8-14-20)15-27-24(32)22-21(17-9-11-19(26)12-10-17)30-31-23(28-29-25(31)34-22)18-5-3-2-4-6-18/h2-14,21-22,30H,15H2,1H3,(H,27,32)/t21-,22-/m0/s1. The van der Waals surface area contributed by atoms with Crippen molar-refractivity contribution in [3.63, 3.8) is 0 Å². The Hall–Kier alpha value is -3.49. The van der Waals surface area contributed by atoms with Gasteiger partial charge in [-0.1, -0.05) is 78.0 Å². The summed E-state index contributed by atoms with van der Waals surface area (Å²) in [5.74, 6) is 1.38. The lowest BCUT2D eigenvalue weighted by molar-refractivity contribution is -0.121. The number of methoxy groups -OCH3 is 1. The Balaban J connectivity index is 1.42. The first-order chi connectivity index (χ1) is 16.6. The van der Waals surface area contributed by atoms with Crippen LogP contribution in [0.3, 0.4) is 0 Å². The van der Waals surface area contributed by atoms with Gasteiger partial charge in [0.05, 0.1) is 13.2 Å². The van der Waals surface area contributed by atoms with Crippen LogP contribution in [-0.4, -0.2) is 33.1 Å². The minimum absolute atomic E-state index is 0.0937. The Bertz CT molecular complexity index is 1280. The van der Waals surface area contributed by atoms with Crippen molar-refractivity contribution < 1.29 is 9.53 Å². The molecule has 0 radical (unpaired) electrons. The van der Waals surface area contributed by atoms with Gasteiger partial charge in [0.2, 0.25) is 11.1 Å². The van der Waals surface area contributed by atoms with Gasteiger partial charge in [-0.25, -0.2) is 4.68 Å². The summed E-state index contributed by atoms with van der Waals surface area (Å²) in [6, 6.07) is 24.7. The van der Waals surface area contributed by atoms with E-state index in [9.17, 15) is 4.79 Å². The van der Waals surface area contributed by atoms with Crippen LogP contribution in [0.2, 0.25) is 5.02 Å². The van der Waals surface area contributed by atoms with Gasteiger partial charge >= 0.3 is 0 Å². The molecule has 2 atom stereocenters. The summed E-state index contributed by atoms with van der Waals surface area (Å²) in [4.78, 5) is 13.4. The number of ether oxygens (including phenoxy) is 1. The molecule has 2 heterocycles. The molecule has 1 amide bonds. The number of hydrogen-bond acceptors (Lipinski definition) is 6. The highest BCUT2D eigenvalue weighted by atomic mass is 35.5. The summed E-state index contributed by atoms with van der Waals surface area (Å²) in [5, 5.41) is 12.6. The third-order valence-electron chi connectivity index (χ3n) is 5.58.